The smallest absolute Gasteiger partial charge is 0.233 e. The summed E-state index contributed by atoms with van der Waals surface area (Å²) >= 11 is 1.41. The van der Waals surface area contributed by atoms with Crippen LogP contribution in [0.5, 0.6) is 0 Å². The van der Waals surface area contributed by atoms with Crippen LogP contribution in [0.3, 0.4) is 0 Å². The summed E-state index contributed by atoms with van der Waals surface area (Å²) in [7, 11) is 0. The number of likely N-dealkylation sites (tertiary alicyclic amines) is 1. The Bertz CT molecular complexity index is 661. The minimum absolute atomic E-state index is 0.0931. The fourth-order valence-corrected chi connectivity index (χ4v) is 4.56. The van der Waals surface area contributed by atoms with Gasteiger partial charge in [0.15, 0.2) is 0 Å². The van der Waals surface area contributed by atoms with Crippen molar-refractivity contribution in [1.29, 1.82) is 0 Å². The molecule has 0 bridgehead atoms. The molecule has 0 radical (unpaired) electrons. The molecule has 1 aliphatic heterocycles. The maximum atomic E-state index is 12.4. The molecule has 0 unspecified atom stereocenters. The fourth-order valence-electron chi connectivity index (χ4n) is 3.63. The number of nitrogens with zero attached hydrogens (tertiary/aromatic N) is 3. The van der Waals surface area contributed by atoms with E-state index in [-0.39, 0.29) is 42.5 Å². The minimum atomic E-state index is -0.232. The number of fused-ring (bicyclic) bond motifs is 1. The highest BCUT2D eigenvalue weighted by Crippen LogP contribution is 2.42. The average molecular weight is 348 g/mol. The fraction of sp³-hybridized carbons (Fsp3) is 0.688. The van der Waals surface area contributed by atoms with Crippen LogP contribution in [0.25, 0.3) is 0 Å². The van der Waals surface area contributed by atoms with Crippen molar-refractivity contribution in [2.24, 2.45) is 11.8 Å². The number of anilines is 1. The van der Waals surface area contributed by atoms with Crippen molar-refractivity contribution in [1.82, 2.24) is 15.1 Å². The molecule has 3 amide bonds. The van der Waals surface area contributed by atoms with E-state index >= 15 is 0 Å². The summed E-state index contributed by atoms with van der Waals surface area (Å²) in [5.74, 6) is -0.216. The normalized spacial score (nSPS) is 26.6. The first-order chi connectivity index (χ1) is 11.6. The first-order valence-electron chi connectivity index (χ1n) is 8.62. The lowest BCUT2D eigenvalue weighted by Gasteiger charge is -2.19. The van der Waals surface area contributed by atoms with E-state index in [1.165, 1.54) is 16.2 Å². The Morgan fingerprint density at radius 3 is 2.38 bits per heavy atom. The topological polar surface area (TPSA) is 92.3 Å². The monoisotopic (exact) mass is 348 g/mol. The van der Waals surface area contributed by atoms with Gasteiger partial charge in [0, 0.05) is 18.9 Å². The predicted octanol–water partition coefficient (Wildman–Crippen LogP) is 1.92. The van der Waals surface area contributed by atoms with Gasteiger partial charge in [-0.3, -0.25) is 19.3 Å². The van der Waals surface area contributed by atoms with Crippen molar-refractivity contribution < 1.29 is 14.4 Å². The third-order valence-electron chi connectivity index (χ3n) is 5.11. The highest BCUT2D eigenvalue weighted by molar-refractivity contribution is 7.15. The van der Waals surface area contributed by atoms with Crippen LogP contribution in [-0.2, 0) is 14.4 Å². The molecule has 2 heterocycles. The van der Waals surface area contributed by atoms with Gasteiger partial charge in [0.25, 0.3) is 0 Å². The number of aromatic nitrogens is 2. The Kier molecular flexibility index (Phi) is 4.07. The summed E-state index contributed by atoms with van der Waals surface area (Å²) in [5, 5.41) is 12.2. The second kappa shape index (κ2) is 6.23. The lowest BCUT2D eigenvalue weighted by Crippen LogP contribution is -2.34. The van der Waals surface area contributed by atoms with E-state index in [2.05, 4.69) is 15.5 Å². The Morgan fingerprint density at radius 1 is 1.08 bits per heavy atom. The third kappa shape index (κ3) is 2.94. The standard InChI is InChI=1S/C16H20N4O3S/c21-12(17-16-19-18-13(24-16)9-5-6-9)7-8-20-14(22)10-3-1-2-4-11(10)15(20)23/h9-11H,1-8H2,(H,17,19,21)/t10-,11-/m0/s1. The molecule has 3 aliphatic rings. The number of hydrogen-bond donors (Lipinski definition) is 1. The Morgan fingerprint density at radius 2 is 1.75 bits per heavy atom. The summed E-state index contributed by atoms with van der Waals surface area (Å²) in [5.41, 5.74) is 0. The van der Waals surface area contributed by atoms with Crippen molar-refractivity contribution in [3.05, 3.63) is 5.01 Å². The van der Waals surface area contributed by atoms with Gasteiger partial charge in [0.05, 0.1) is 11.8 Å². The lowest BCUT2D eigenvalue weighted by molar-refractivity contribution is -0.140. The highest BCUT2D eigenvalue weighted by Gasteiger charge is 2.47. The van der Waals surface area contributed by atoms with E-state index in [4.69, 9.17) is 0 Å². The molecule has 4 rings (SSSR count). The molecule has 7 nitrogen and oxygen atoms in total. The van der Waals surface area contributed by atoms with Crippen LogP contribution >= 0.6 is 11.3 Å². The van der Waals surface area contributed by atoms with E-state index in [1.807, 2.05) is 0 Å². The summed E-state index contributed by atoms with van der Waals surface area (Å²) in [6.07, 6.45) is 6.01. The molecule has 1 N–H and O–H groups in total. The quantitative estimate of drug-likeness (QED) is 0.821. The zero-order valence-electron chi connectivity index (χ0n) is 13.4. The Labute approximate surface area is 143 Å². The maximum absolute atomic E-state index is 12.4. The van der Waals surface area contributed by atoms with E-state index in [1.54, 1.807) is 0 Å². The number of imide groups is 1. The summed E-state index contributed by atoms with van der Waals surface area (Å²) in [6, 6.07) is 0. The number of amides is 3. The molecular weight excluding hydrogens is 328 g/mol. The van der Waals surface area contributed by atoms with Crippen LogP contribution in [0.15, 0.2) is 0 Å². The van der Waals surface area contributed by atoms with Crippen molar-refractivity contribution in [3.8, 4) is 0 Å². The molecule has 1 aromatic heterocycles. The van der Waals surface area contributed by atoms with Gasteiger partial charge in [-0.05, 0) is 25.7 Å². The molecule has 1 saturated heterocycles. The largest absolute Gasteiger partial charge is 0.300 e. The summed E-state index contributed by atoms with van der Waals surface area (Å²) in [6.45, 7) is 0.158. The van der Waals surface area contributed by atoms with Gasteiger partial charge < -0.3 is 5.32 Å². The molecule has 24 heavy (non-hydrogen) atoms. The third-order valence-corrected chi connectivity index (χ3v) is 6.11. The van der Waals surface area contributed by atoms with E-state index in [0.29, 0.717) is 11.0 Å². The van der Waals surface area contributed by atoms with Gasteiger partial charge in [-0.1, -0.05) is 24.2 Å². The average Bonchev–Trinajstić information content (AvgIpc) is 3.29. The number of carbonyl (C=O) groups excluding carboxylic acids is 3. The molecule has 128 valence electrons. The number of carbonyl (C=O) groups is 3. The molecule has 2 aliphatic carbocycles. The van der Waals surface area contributed by atoms with Crippen LogP contribution < -0.4 is 5.32 Å². The van der Waals surface area contributed by atoms with Gasteiger partial charge in [-0.2, -0.15) is 0 Å². The van der Waals surface area contributed by atoms with E-state index in [9.17, 15) is 14.4 Å². The zero-order chi connectivity index (χ0) is 16.7. The van der Waals surface area contributed by atoms with Gasteiger partial charge in [0.1, 0.15) is 5.01 Å². The van der Waals surface area contributed by atoms with Gasteiger partial charge in [-0.25, -0.2) is 0 Å². The molecule has 0 spiro atoms. The van der Waals surface area contributed by atoms with Gasteiger partial charge in [0.2, 0.25) is 22.9 Å². The van der Waals surface area contributed by atoms with Crippen LogP contribution in [0.2, 0.25) is 0 Å². The second-order valence-electron chi connectivity index (χ2n) is 6.84. The van der Waals surface area contributed by atoms with Crippen molar-refractivity contribution >= 4 is 34.2 Å². The molecule has 1 aromatic rings. The summed E-state index contributed by atoms with van der Waals surface area (Å²) in [4.78, 5) is 38.1. The zero-order valence-corrected chi connectivity index (χ0v) is 14.2. The molecule has 2 saturated carbocycles. The van der Waals surface area contributed by atoms with Crippen molar-refractivity contribution in [2.45, 2.75) is 50.9 Å². The van der Waals surface area contributed by atoms with Crippen LogP contribution in [0, 0.1) is 11.8 Å². The minimum Gasteiger partial charge on any atom is -0.300 e. The van der Waals surface area contributed by atoms with Crippen molar-refractivity contribution in [3.63, 3.8) is 0 Å². The molecule has 3 fully saturated rings. The molecular formula is C16H20N4O3S. The van der Waals surface area contributed by atoms with E-state index in [0.717, 1.165) is 43.5 Å². The van der Waals surface area contributed by atoms with Crippen LogP contribution in [0.4, 0.5) is 5.13 Å². The highest BCUT2D eigenvalue weighted by atomic mass is 32.1. The summed E-state index contributed by atoms with van der Waals surface area (Å²) < 4.78 is 0. The van der Waals surface area contributed by atoms with Crippen LogP contribution in [-0.4, -0.2) is 39.4 Å². The van der Waals surface area contributed by atoms with Crippen LogP contribution in [0.1, 0.15) is 55.9 Å². The van der Waals surface area contributed by atoms with Crippen molar-refractivity contribution in [2.75, 3.05) is 11.9 Å². The number of hydrogen-bond acceptors (Lipinski definition) is 6. The molecule has 2 atom stereocenters. The second-order valence-corrected chi connectivity index (χ2v) is 7.85. The van der Waals surface area contributed by atoms with Gasteiger partial charge >= 0.3 is 0 Å². The Hall–Kier alpha value is -1.83. The van der Waals surface area contributed by atoms with E-state index < -0.39 is 0 Å². The van der Waals surface area contributed by atoms with Gasteiger partial charge in [-0.15, -0.1) is 10.2 Å². The predicted molar refractivity (Wildman–Crippen MR) is 87.3 cm³/mol. The first-order valence-corrected chi connectivity index (χ1v) is 9.43. The first kappa shape index (κ1) is 15.7. The lowest BCUT2D eigenvalue weighted by atomic mass is 9.81. The Balaban J connectivity index is 1.31. The maximum Gasteiger partial charge on any atom is 0.233 e. The SMILES string of the molecule is O=C(CCN1C(=O)[C@H]2CCCC[C@@H]2C1=O)Nc1nnc(C2CC2)s1. The number of nitrogens with one attached hydrogen (secondary N) is 1. The number of rotatable bonds is 5. The molecule has 0 aromatic carbocycles. The molecule has 8 heteroatoms.